The minimum absolute atomic E-state index is 0.0166. The number of aldehydes is 1. The molecular formula is C54H62N2O12S2. The van der Waals surface area contributed by atoms with Gasteiger partial charge in [0.25, 0.3) is 0 Å². The topological polar surface area (TPSA) is 235 Å². The number of rotatable bonds is 8. The van der Waals surface area contributed by atoms with Crippen molar-refractivity contribution in [3.8, 4) is 5.75 Å². The van der Waals surface area contributed by atoms with Gasteiger partial charge in [-0.2, -0.15) is 0 Å². The van der Waals surface area contributed by atoms with Crippen molar-refractivity contribution in [1.82, 2.24) is 10.6 Å². The summed E-state index contributed by atoms with van der Waals surface area (Å²) in [5.41, 5.74) is -2.74. The van der Waals surface area contributed by atoms with E-state index >= 15 is 9.59 Å². The first kappa shape index (κ1) is 47.1. The average Bonchev–Trinajstić information content (AvgIpc) is 3.85. The second kappa shape index (κ2) is 17.1. The number of benzene rings is 2. The molecule has 8 aliphatic carbocycles. The van der Waals surface area contributed by atoms with Gasteiger partial charge < -0.3 is 60.6 Å². The van der Waals surface area contributed by atoms with Crippen LogP contribution in [0.3, 0.4) is 0 Å². The minimum atomic E-state index is -2.33. The Bertz CT molecular complexity index is 2670. The van der Waals surface area contributed by atoms with Crippen LogP contribution in [0.4, 0.5) is 0 Å². The van der Waals surface area contributed by atoms with E-state index in [1.807, 2.05) is 18.2 Å². The van der Waals surface area contributed by atoms with E-state index in [0.29, 0.717) is 42.8 Å². The molecule has 10 bridgehead atoms. The molecule has 15 atom stereocenters. The standard InChI is InChI=1S/C54H62N2O12S2/c57-12-4-10-41-53-38(15-30(16-40(53)61)14-28-5-1-6-29(13-28)23-58)44(62)35-8-2-9-39(43(35)46(53)63)67-48-47(64)54(66)45-32(20-51(26-60,68-48)49(54)65)17-31-18-34-21-50(11-3-7-33(50)24-59)25-52(34,45)37-19-42(55-22-36(31)37)56-27-69-70-41/h1-2,5-6,8-9,13,15-16,19,24,31-34,38,41,45,47-49,55-58,60-61,64-66H,3-4,7,10-12,14,17-18,20-23,25-27H2/t31-,32-,33-,34+,38-,41+,45+,47+,48-,49-,50+,51-,52+,53+,54-/m1/s1. The zero-order valence-corrected chi connectivity index (χ0v) is 40.6. The molecule has 372 valence electrons. The third kappa shape index (κ3) is 6.42. The number of aliphatic hydroxyl groups is 7. The highest BCUT2D eigenvalue weighted by atomic mass is 33.1. The van der Waals surface area contributed by atoms with Gasteiger partial charge in [-0.3, -0.25) is 9.59 Å². The average molecular weight is 995 g/mol. The molecule has 16 heteroatoms. The molecule has 3 heterocycles. The van der Waals surface area contributed by atoms with Crippen LogP contribution in [0.15, 0.2) is 89.0 Å². The molecule has 2 aromatic rings. The van der Waals surface area contributed by atoms with Gasteiger partial charge in [-0.25, -0.2) is 0 Å². The van der Waals surface area contributed by atoms with Crippen molar-refractivity contribution in [2.75, 3.05) is 25.6 Å². The van der Waals surface area contributed by atoms with Crippen LogP contribution < -0.4 is 15.4 Å². The summed E-state index contributed by atoms with van der Waals surface area (Å²) in [5, 5.41) is 90.3. The molecule has 5 fully saturated rings. The second-order valence-electron chi connectivity index (χ2n) is 22.2. The van der Waals surface area contributed by atoms with E-state index in [4.69, 9.17) is 9.47 Å². The van der Waals surface area contributed by atoms with Gasteiger partial charge in [0.05, 0.1) is 36.4 Å². The highest BCUT2D eigenvalue weighted by Gasteiger charge is 2.78. The van der Waals surface area contributed by atoms with Crippen LogP contribution in [0.5, 0.6) is 5.75 Å². The monoisotopic (exact) mass is 994 g/mol. The number of aliphatic hydroxyl groups excluding tert-OH is 6. The number of dihydropyridines is 1. The first-order valence-corrected chi connectivity index (χ1v) is 27.5. The Morgan fingerprint density at radius 1 is 0.986 bits per heavy atom. The van der Waals surface area contributed by atoms with Crippen molar-refractivity contribution < 1.29 is 59.6 Å². The number of hydrogen-bond donors (Lipinski definition) is 9. The molecule has 0 aromatic heterocycles. The summed E-state index contributed by atoms with van der Waals surface area (Å²) in [4.78, 5) is 44.3. The van der Waals surface area contributed by atoms with Crippen molar-refractivity contribution in [3.63, 3.8) is 0 Å². The van der Waals surface area contributed by atoms with Crippen molar-refractivity contribution in [2.24, 2.45) is 51.8 Å². The predicted molar refractivity (Wildman–Crippen MR) is 260 cm³/mol. The number of carbonyl (C=O) groups excluding carboxylic acids is 3. The van der Waals surface area contributed by atoms with Crippen LogP contribution >= 0.6 is 21.6 Å². The Balaban J connectivity index is 1.03. The maximum absolute atomic E-state index is 16.0. The molecule has 0 unspecified atom stereocenters. The highest BCUT2D eigenvalue weighted by molar-refractivity contribution is 8.76. The van der Waals surface area contributed by atoms with Gasteiger partial charge in [-0.05, 0) is 133 Å². The molecule has 11 aliphatic rings. The smallest absolute Gasteiger partial charge is 0.229 e. The number of hydrogen-bond acceptors (Lipinski definition) is 16. The van der Waals surface area contributed by atoms with E-state index in [2.05, 4.69) is 16.7 Å². The molecule has 0 radical (unpaired) electrons. The van der Waals surface area contributed by atoms with Crippen LogP contribution in [0.25, 0.3) is 0 Å². The second-order valence-corrected chi connectivity index (χ2v) is 24.7. The van der Waals surface area contributed by atoms with Gasteiger partial charge in [0.2, 0.25) is 6.29 Å². The molecule has 1 saturated heterocycles. The molecule has 70 heavy (non-hydrogen) atoms. The SMILES string of the molecule is O=C[C@H]1CCC[C@@]12C[C@@H]1C[C@H]3C[C@@H]4C[C@]5(CO)O[C@H]6Oc7cccc8c7C(=O)[C@@]7(C(O)=CC(Cc9cccc(CO)c9)=C[C@@H]7C8=O)[C@H](CCCO)SSCNC7=CC(=C3CN7)[C@@]1(C2)[C@H]4[C@](O)([C@@H]5O)[C@H]6O. The Labute approximate surface area is 414 Å². The molecule has 9 N–H and O–H groups in total. The van der Waals surface area contributed by atoms with Crippen molar-refractivity contribution in [2.45, 2.75) is 112 Å². The van der Waals surface area contributed by atoms with Crippen molar-refractivity contribution in [3.05, 3.63) is 111 Å². The highest BCUT2D eigenvalue weighted by Crippen LogP contribution is 2.77. The molecular weight excluding hydrogens is 933 g/mol. The first-order valence-electron chi connectivity index (χ1n) is 25.2. The summed E-state index contributed by atoms with van der Waals surface area (Å²) < 4.78 is 13.4. The van der Waals surface area contributed by atoms with Gasteiger partial charge >= 0.3 is 0 Å². The Morgan fingerprint density at radius 2 is 1.81 bits per heavy atom. The Kier molecular flexibility index (Phi) is 11.5. The fraction of sp³-hybridized carbons (Fsp3) is 0.574. The van der Waals surface area contributed by atoms with Gasteiger partial charge in [0.1, 0.15) is 46.6 Å². The number of nitrogens with one attached hydrogen (secondary N) is 2. The summed E-state index contributed by atoms with van der Waals surface area (Å²) in [6.45, 7) is -0.537. The summed E-state index contributed by atoms with van der Waals surface area (Å²) in [6.07, 6.45) is 7.52. The zero-order chi connectivity index (χ0) is 48.5. The Morgan fingerprint density at radius 3 is 2.61 bits per heavy atom. The zero-order valence-electron chi connectivity index (χ0n) is 38.9. The third-order valence-corrected chi connectivity index (χ3v) is 21.8. The van der Waals surface area contributed by atoms with E-state index < -0.39 is 75.8 Å². The van der Waals surface area contributed by atoms with Crippen LogP contribution in [-0.2, 0) is 22.6 Å². The normalized spacial score (nSPS) is 42.2. The van der Waals surface area contributed by atoms with E-state index in [-0.39, 0.29) is 84.2 Å². The molecule has 0 amide bonds. The van der Waals surface area contributed by atoms with E-state index in [9.17, 15) is 40.5 Å². The minimum Gasteiger partial charge on any atom is -0.511 e. The number of carbonyl (C=O) groups is 3. The molecule has 14 nitrogen and oxygen atoms in total. The lowest BCUT2D eigenvalue weighted by Crippen LogP contribution is -2.81. The maximum Gasteiger partial charge on any atom is 0.229 e. The summed E-state index contributed by atoms with van der Waals surface area (Å²) in [6, 6.07) is 12.0. The van der Waals surface area contributed by atoms with Crippen LogP contribution in [0.1, 0.15) is 96.1 Å². The number of Topliss-reactive ketones (excluding diaryl/α,β-unsaturated/α-hetero) is 2. The lowest BCUT2D eigenvalue weighted by Gasteiger charge is -2.65. The lowest BCUT2D eigenvalue weighted by atomic mass is 9.46. The lowest BCUT2D eigenvalue weighted by molar-refractivity contribution is -0.392. The molecule has 3 aliphatic heterocycles. The van der Waals surface area contributed by atoms with Crippen molar-refractivity contribution >= 4 is 39.4 Å². The third-order valence-electron chi connectivity index (χ3n) is 19.1. The molecule has 4 saturated carbocycles. The van der Waals surface area contributed by atoms with E-state index in [1.54, 1.807) is 30.4 Å². The van der Waals surface area contributed by atoms with Gasteiger partial charge in [0.15, 0.2) is 11.6 Å². The summed E-state index contributed by atoms with van der Waals surface area (Å²) in [5.74, 6) is -2.69. The van der Waals surface area contributed by atoms with Gasteiger partial charge in [-0.15, -0.1) is 0 Å². The maximum atomic E-state index is 16.0. The van der Waals surface area contributed by atoms with Crippen LogP contribution in [0.2, 0.25) is 0 Å². The van der Waals surface area contributed by atoms with Crippen LogP contribution in [0, 0.1) is 51.8 Å². The fourth-order valence-electron chi connectivity index (χ4n) is 16.5. The number of ether oxygens (including phenoxy) is 2. The van der Waals surface area contributed by atoms with E-state index in [1.165, 1.54) is 33.2 Å². The molecule has 3 spiro atoms. The quantitative estimate of drug-likeness (QED) is 0.126. The number of allylic oxidation sites excluding steroid dienone is 6. The van der Waals surface area contributed by atoms with E-state index in [0.717, 1.165) is 55.3 Å². The number of ketones is 2. The summed E-state index contributed by atoms with van der Waals surface area (Å²) >= 11 is 0. The van der Waals surface area contributed by atoms with Gasteiger partial charge in [0, 0.05) is 41.2 Å². The first-order chi connectivity index (χ1) is 33.8. The Hall–Kier alpha value is -3.97. The predicted octanol–water partition coefficient (Wildman–Crippen LogP) is 4.97. The van der Waals surface area contributed by atoms with Crippen molar-refractivity contribution in [1.29, 1.82) is 0 Å². The summed E-state index contributed by atoms with van der Waals surface area (Å²) in [7, 11) is 2.81. The largest absolute Gasteiger partial charge is 0.511 e. The van der Waals surface area contributed by atoms with Crippen LogP contribution in [-0.4, -0.2) is 114 Å². The van der Waals surface area contributed by atoms with Gasteiger partial charge in [-0.1, -0.05) is 70.5 Å². The molecule has 2 aromatic carbocycles. The fourth-order valence-corrected chi connectivity index (χ4v) is 19.3. The number of fused-ring (bicyclic) bond motifs is 2. The molecule has 13 rings (SSSR count).